The average molecular weight is 526 g/mol. The fourth-order valence-electron chi connectivity index (χ4n) is 5.64. The lowest BCUT2D eigenvalue weighted by atomic mass is 10.0. The SMILES string of the molecule is COc1cc(N2CCC(N3CCN(C)CC3)CC2)ccc1-c1cnc(N)nc1Oc1ccc2cccnc2c1. The second-order valence-corrected chi connectivity index (χ2v) is 10.3. The van der Waals surface area contributed by atoms with E-state index in [1.165, 1.54) is 25.9 Å². The van der Waals surface area contributed by atoms with E-state index in [1.807, 2.05) is 30.3 Å². The molecule has 0 amide bonds. The highest BCUT2D eigenvalue weighted by Gasteiger charge is 2.27. The molecule has 2 saturated heterocycles. The number of anilines is 2. The topological polar surface area (TPSA) is 92.9 Å². The summed E-state index contributed by atoms with van der Waals surface area (Å²) in [7, 11) is 3.90. The van der Waals surface area contributed by atoms with Crippen LogP contribution in [0.1, 0.15) is 12.8 Å². The number of nitrogen functional groups attached to an aromatic ring is 1. The van der Waals surface area contributed by atoms with E-state index < -0.39 is 0 Å². The molecule has 6 rings (SSSR count). The summed E-state index contributed by atoms with van der Waals surface area (Å²) in [6.45, 7) is 6.75. The first-order chi connectivity index (χ1) is 19.1. The van der Waals surface area contributed by atoms with E-state index in [0.29, 0.717) is 23.2 Å². The third kappa shape index (κ3) is 5.46. The largest absolute Gasteiger partial charge is 0.496 e. The van der Waals surface area contributed by atoms with Crippen LogP contribution in [-0.2, 0) is 0 Å². The van der Waals surface area contributed by atoms with Gasteiger partial charge in [0.15, 0.2) is 0 Å². The van der Waals surface area contributed by atoms with Gasteiger partial charge in [-0.3, -0.25) is 9.88 Å². The zero-order valence-electron chi connectivity index (χ0n) is 22.6. The van der Waals surface area contributed by atoms with Crippen LogP contribution in [0.4, 0.5) is 11.6 Å². The molecule has 0 atom stereocenters. The highest BCUT2D eigenvalue weighted by Crippen LogP contribution is 2.40. The van der Waals surface area contributed by atoms with Crippen molar-refractivity contribution in [1.29, 1.82) is 0 Å². The van der Waals surface area contributed by atoms with E-state index in [4.69, 9.17) is 15.2 Å². The van der Waals surface area contributed by atoms with Crippen molar-refractivity contribution in [3.8, 4) is 28.5 Å². The number of methoxy groups -OCH3 is 1. The number of benzene rings is 2. The number of likely N-dealkylation sites (N-methyl/N-ethyl adjacent to an activating group) is 1. The second kappa shape index (κ2) is 11.0. The first-order valence-electron chi connectivity index (χ1n) is 13.6. The first kappa shape index (κ1) is 25.3. The number of pyridine rings is 1. The number of piperidine rings is 1. The summed E-state index contributed by atoms with van der Waals surface area (Å²) < 4.78 is 12.1. The van der Waals surface area contributed by atoms with Gasteiger partial charge in [-0.1, -0.05) is 6.07 Å². The van der Waals surface area contributed by atoms with Gasteiger partial charge in [-0.15, -0.1) is 0 Å². The minimum Gasteiger partial charge on any atom is -0.496 e. The van der Waals surface area contributed by atoms with Gasteiger partial charge in [0.1, 0.15) is 11.5 Å². The predicted octanol–water partition coefficient (Wildman–Crippen LogP) is 4.29. The molecule has 4 aromatic rings. The Morgan fingerprint density at radius 3 is 2.51 bits per heavy atom. The zero-order valence-corrected chi connectivity index (χ0v) is 22.6. The van der Waals surface area contributed by atoms with Crippen LogP contribution < -0.4 is 20.1 Å². The molecule has 0 aliphatic carbocycles. The van der Waals surface area contributed by atoms with E-state index in [1.54, 1.807) is 19.5 Å². The number of rotatable bonds is 6. The molecular formula is C30H35N7O2. The number of nitrogens with two attached hydrogens (primary N) is 1. The van der Waals surface area contributed by atoms with Gasteiger partial charge in [0.25, 0.3) is 0 Å². The van der Waals surface area contributed by atoms with Gasteiger partial charge < -0.3 is 25.0 Å². The fourth-order valence-corrected chi connectivity index (χ4v) is 5.64. The maximum atomic E-state index is 6.23. The van der Waals surface area contributed by atoms with Gasteiger partial charge >= 0.3 is 0 Å². The number of aromatic nitrogens is 3. The molecule has 9 nitrogen and oxygen atoms in total. The van der Waals surface area contributed by atoms with Crippen molar-refractivity contribution in [3.63, 3.8) is 0 Å². The molecule has 0 radical (unpaired) electrons. The normalized spacial score (nSPS) is 17.4. The molecule has 2 aliphatic heterocycles. The lowest BCUT2D eigenvalue weighted by Gasteiger charge is -2.42. The molecule has 4 heterocycles. The number of hydrogen-bond donors (Lipinski definition) is 1. The van der Waals surface area contributed by atoms with Crippen LogP contribution >= 0.6 is 0 Å². The summed E-state index contributed by atoms with van der Waals surface area (Å²) in [5.41, 5.74) is 9.52. The maximum absolute atomic E-state index is 6.23. The maximum Gasteiger partial charge on any atom is 0.232 e. The Balaban J connectivity index is 1.22. The summed E-state index contributed by atoms with van der Waals surface area (Å²) in [5.74, 6) is 1.88. The van der Waals surface area contributed by atoms with Crippen LogP contribution in [0, 0.1) is 0 Å². The monoisotopic (exact) mass is 525 g/mol. The summed E-state index contributed by atoms with van der Waals surface area (Å²) in [5, 5.41) is 1.04. The summed E-state index contributed by atoms with van der Waals surface area (Å²) in [4.78, 5) is 20.7. The van der Waals surface area contributed by atoms with Crippen molar-refractivity contribution in [2.45, 2.75) is 18.9 Å². The van der Waals surface area contributed by atoms with Crippen molar-refractivity contribution in [3.05, 3.63) is 60.9 Å². The van der Waals surface area contributed by atoms with Gasteiger partial charge in [-0.25, -0.2) is 4.98 Å². The van der Waals surface area contributed by atoms with Crippen LogP contribution in [0.3, 0.4) is 0 Å². The molecule has 202 valence electrons. The van der Waals surface area contributed by atoms with Crippen LogP contribution in [0.15, 0.2) is 60.9 Å². The van der Waals surface area contributed by atoms with E-state index in [0.717, 1.165) is 54.1 Å². The van der Waals surface area contributed by atoms with Gasteiger partial charge in [0, 0.05) is 86.5 Å². The Hall–Kier alpha value is -3.95. The Kier molecular flexibility index (Phi) is 7.17. The summed E-state index contributed by atoms with van der Waals surface area (Å²) in [6, 6.07) is 16.7. The molecule has 2 aromatic heterocycles. The van der Waals surface area contributed by atoms with E-state index >= 15 is 0 Å². The Labute approximate surface area is 229 Å². The third-order valence-electron chi connectivity index (χ3n) is 7.92. The van der Waals surface area contributed by atoms with Gasteiger partial charge in [0.05, 0.1) is 18.2 Å². The molecule has 0 spiro atoms. The van der Waals surface area contributed by atoms with Gasteiger partial charge in [0.2, 0.25) is 11.8 Å². The molecule has 2 fully saturated rings. The minimum absolute atomic E-state index is 0.145. The van der Waals surface area contributed by atoms with Crippen LogP contribution in [0.5, 0.6) is 17.4 Å². The molecule has 2 aromatic carbocycles. The lowest BCUT2D eigenvalue weighted by Crippen LogP contribution is -2.52. The number of nitrogens with zero attached hydrogens (tertiary/aromatic N) is 6. The minimum atomic E-state index is 0.145. The number of ether oxygens (including phenoxy) is 2. The third-order valence-corrected chi connectivity index (χ3v) is 7.92. The number of fused-ring (bicyclic) bond motifs is 1. The van der Waals surface area contributed by atoms with Crippen molar-refractivity contribution < 1.29 is 9.47 Å². The molecule has 0 saturated carbocycles. The molecular weight excluding hydrogens is 490 g/mol. The lowest BCUT2D eigenvalue weighted by molar-refractivity contribution is 0.0982. The van der Waals surface area contributed by atoms with Crippen LogP contribution in [-0.4, -0.2) is 84.2 Å². The summed E-state index contributed by atoms with van der Waals surface area (Å²) >= 11 is 0. The highest BCUT2D eigenvalue weighted by molar-refractivity contribution is 5.80. The van der Waals surface area contributed by atoms with E-state index in [2.05, 4.69) is 54.9 Å². The van der Waals surface area contributed by atoms with Crippen LogP contribution in [0.25, 0.3) is 22.0 Å². The number of piperazine rings is 1. The quantitative estimate of drug-likeness (QED) is 0.396. The smallest absolute Gasteiger partial charge is 0.232 e. The van der Waals surface area contributed by atoms with Gasteiger partial charge in [-0.05, 0) is 50.2 Å². The second-order valence-electron chi connectivity index (χ2n) is 10.3. The number of hydrogen-bond acceptors (Lipinski definition) is 9. The van der Waals surface area contributed by atoms with E-state index in [9.17, 15) is 0 Å². The molecule has 2 N–H and O–H groups in total. The first-order valence-corrected chi connectivity index (χ1v) is 13.6. The fraction of sp³-hybridized carbons (Fsp3) is 0.367. The predicted molar refractivity (Wildman–Crippen MR) is 155 cm³/mol. The molecule has 2 aliphatic rings. The average Bonchev–Trinajstić information content (AvgIpc) is 2.97. The summed E-state index contributed by atoms with van der Waals surface area (Å²) in [6.07, 6.45) is 5.81. The van der Waals surface area contributed by atoms with Crippen LogP contribution in [0.2, 0.25) is 0 Å². The van der Waals surface area contributed by atoms with E-state index in [-0.39, 0.29) is 5.95 Å². The Morgan fingerprint density at radius 1 is 0.897 bits per heavy atom. The Morgan fingerprint density at radius 2 is 1.72 bits per heavy atom. The molecule has 0 bridgehead atoms. The molecule has 0 unspecified atom stereocenters. The van der Waals surface area contributed by atoms with Gasteiger partial charge in [-0.2, -0.15) is 4.98 Å². The van der Waals surface area contributed by atoms with Crippen molar-refractivity contribution in [1.82, 2.24) is 24.8 Å². The van der Waals surface area contributed by atoms with Crippen molar-refractivity contribution >= 4 is 22.5 Å². The van der Waals surface area contributed by atoms with Crippen molar-refractivity contribution in [2.24, 2.45) is 0 Å². The Bertz CT molecular complexity index is 1450. The highest BCUT2D eigenvalue weighted by atomic mass is 16.5. The standard InChI is InChI=1S/C30H35N7O2/c1-35-14-16-37(17-15-35)22-9-12-36(13-10-22)23-6-8-25(28(18-23)38-2)26-20-33-30(31)34-29(26)39-24-7-5-21-4-3-11-32-27(21)19-24/h3-8,11,18-20,22H,9-10,12-17H2,1-2H3,(H2,31,33,34). The molecule has 39 heavy (non-hydrogen) atoms. The van der Waals surface area contributed by atoms with Crippen molar-refractivity contribution in [2.75, 3.05) is 64.1 Å². The zero-order chi connectivity index (χ0) is 26.8. The molecule has 9 heteroatoms.